The molecule has 1 aromatic rings. The Labute approximate surface area is 160 Å². The SMILES string of the molecule is N#CC1=C(NC(=S)NC(=O)c2ccc(F)c(F)c2)S[C@@H]2CCCCC[C@H]12. The third-order valence-corrected chi connectivity index (χ3v) is 6.22. The number of allylic oxidation sites excluding steroid dienone is 1. The van der Waals surface area contributed by atoms with Gasteiger partial charge in [-0.1, -0.05) is 19.3 Å². The molecule has 1 fully saturated rings. The Kier molecular flexibility index (Phi) is 5.89. The van der Waals surface area contributed by atoms with Gasteiger partial charge in [-0.15, -0.1) is 11.8 Å². The largest absolute Gasteiger partial charge is 0.326 e. The highest BCUT2D eigenvalue weighted by molar-refractivity contribution is 8.04. The fourth-order valence-electron chi connectivity index (χ4n) is 3.31. The van der Waals surface area contributed by atoms with E-state index in [1.54, 1.807) is 11.8 Å². The van der Waals surface area contributed by atoms with Gasteiger partial charge in [-0.25, -0.2) is 8.78 Å². The third-order valence-electron chi connectivity index (χ3n) is 4.59. The lowest BCUT2D eigenvalue weighted by molar-refractivity contribution is 0.0976. The van der Waals surface area contributed by atoms with E-state index in [1.165, 1.54) is 12.5 Å². The molecule has 0 bridgehead atoms. The van der Waals surface area contributed by atoms with Crippen LogP contribution in [-0.2, 0) is 0 Å². The van der Waals surface area contributed by atoms with Crippen molar-refractivity contribution in [1.82, 2.24) is 10.6 Å². The summed E-state index contributed by atoms with van der Waals surface area (Å²) in [5, 5.41) is 16.0. The summed E-state index contributed by atoms with van der Waals surface area (Å²) in [6.45, 7) is 0. The number of halogens is 2. The fraction of sp³-hybridized carbons (Fsp3) is 0.389. The number of carbonyl (C=O) groups excluding carboxylic acids is 1. The van der Waals surface area contributed by atoms with Gasteiger partial charge in [-0.05, 0) is 43.3 Å². The van der Waals surface area contributed by atoms with Gasteiger partial charge >= 0.3 is 0 Å². The van der Waals surface area contributed by atoms with E-state index in [4.69, 9.17) is 12.2 Å². The van der Waals surface area contributed by atoms with Gasteiger partial charge in [0.25, 0.3) is 5.91 Å². The molecule has 3 rings (SSSR count). The zero-order chi connectivity index (χ0) is 18.7. The van der Waals surface area contributed by atoms with Crippen molar-refractivity contribution in [2.45, 2.75) is 37.4 Å². The number of amides is 1. The standard InChI is InChI=1S/C18H17F2N3OS2/c19-13-7-6-10(8-14(13)20)16(24)22-18(25)23-17-12(9-21)11-4-2-1-3-5-15(11)26-17/h6-8,11,15H,1-5H2,(H2,22,23,24,25)/t11-,15-/m1/s1. The average Bonchev–Trinajstić information content (AvgIpc) is 2.77. The molecule has 8 heteroatoms. The lowest BCUT2D eigenvalue weighted by Gasteiger charge is -2.14. The summed E-state index contributed by atoms with van der Waals surface area (Å²) >= 11 is 6.74. The van der Waals surface area contributed by atoms with Crippen molar-refractivity contribution in [1.29, 1.82) is 5.26 Å². The zero-order valence-electron chi connectivity index (χ0n) is 13.9. The molecule has 1 saturated carbocycles. The van der Waals surface area contributed by atoms with Crippen LogP contribution in [0.25, 0.3) is 0 Å². The van der Waals surface area contributed by atoms with Gasteiger partial charge in [0, 0.05) is 16.7 Å². The molecule has 1 aliphatic carbocycles. The fourth-order valence-corrected chi connectivity index (χ4v) is 5.07. The monoisotopic (exact) mass is 393 g/mol. The number of nitrogens with one attached hydrogen (secondary N) is 2. The summed E-state index contributed by atoms with van der Waals surface area (Å²) in [6, 6.07) is 5.16. The van der Waals surface area contributed by atoms with Crippen LogP contribution in [0, 0.1) is 28.9 Å². The number of carbonyl (C=O) groups is 1. The van der Waals surface area contributed by atoms with Crippen molar-refractivity contribution in [3.63, 3.8) is 0 Å². The van der Waals surface area contributed by atoms with Crippen LogP contribution in [0.5, 0.6) is 0 Å². The van der Waals surface area contributed by atoms with E-state index in [-0.39, 0.29) is 16.6 Å². The van der Waals surface area contributed by atoms with Crippen molar-refractivity contribution in [3.05, 3.63) is 46.0 Å². The Balaban J connectivity index is 1.67. The second kappa shape index (κ2) is 8.14. The first kappa shape index (κ1) is 18.8. The maximum Gasteiger partial charge on any atom is 0.257 e. The van der Waals surface area contributed by atoms with Crippen molar-refractivity contribution in [2.75, 3.05) is 0 Å². The summed E-state index contributed by atoms with van der Waals surface area (Å²) in [7, 11) is 0. The number of hydrogen-bond donors (Lipinski definition) is 2. The van der Waals surface area contributed by atoms with Crippen LogP contribution >= 0.6 is 24.0 Å². The molecule has 136 valence electrons. The number of thiocarbonyl (C=S) groups is 1. The van der Waals surface area contributed by atoms with E-state index >= 15 is 0 Å². The van der Waals surface area contributed by atoms with Crippen molar-refractivity contribution in [3.8, 4) is 6.07 Å². The molecular formula is C18H17F2N3OS2. The Morgan fingerprint density at radius 2 is 2.00 bits per heavy atom. The minimum Gasteiger partial charge on any atom is -0.326 e. The highest BCUT2D eigenvalue weighted by Crippen LogP contribution is 2.46. The van der Waals surface area contributed by atoms with Crippen LogP contribution in [0.1, 0.15) is 42.5 Å². The van der Waals surface area contributed by atoms with Gasteiger partial charge in [0.1, 0.15) is 0 Å². The maximum atomic E-state index is 13.3. The number of benzene rings is 1. The first-order chi connectivity index (χ1) is 12.5. The second-order valence-electron chi connectivity index (χ2n) is 6.29. The van der Waals surface area contributed by atoms with Crippen molar-refractivity contribution < 1.29 is 13.6 Å². The number of nitrogens with zero attached hydrogens (tertiary/aromatic N) is 1. The summed E-state index contributed by atoms with van der Waals surface area (Å²) in [5.41, 5.74) is 0.651. The van der Waals surface area contributed by atoms with E-state index in [1.807, 2.05) is 0 Å². The number of nitriles is 1. The number of fused-ring (bicyclic) bond motifs is 1. The van der Waals surface area contributed by atoms with E-state index in [0.29, 0.717) is 15.9 Å². The van der Waals surface area contributed by atoms with Gasteiger partial charge in [0.15, 0.2) is 16.7 Å². The highest BCUT2D eigenvalue weighted by atomic mass is 32.2. The molecule has 2 atom stereocenters. The van der Waals surface area contributed by atoms with E-state index < -0.39 is 17.5 Å². The summed E-state index contributed by atoms with van der Waals surface area (Å²) in [5.74, 6) is -2.54. The van der Waals surface area contributed by atoms with Crippen molar-refractivity contribution >= 4 is 35.0 Å². The quantitative estimate of drug-likeness (QED) is 0.744. The second-order valence-corrected chi connectivity index (χ2v) is 7.95. The minimum atomic E-state index is -1.10. The maximum absolute atomic E-state index is 13.3. The lowest BCUT2D eigenvalue weighted by atomic mass is 9.93. The summed E-state index contributed by atoms with van der Waals surface area (Å²) in [4.78, 5) is 12.1. The lowest BCUT2D eigenvalue weighted by Crippen LogP contribution is -2.38. The van der Waals surface area contributed by atoms with Crippen LogP contribution in [0.3, 0.4) is 0 Å². The van der Waals surface area contributed by atoms with Gasteiger partial charge < -0.3 is 5.32 Å². The Bertz CT molecular complexity index is 819. The smallest absolute Gasteiger partial charge is 0.257 e. The molecule has 2 N–H and O–H groups in total. The third kappa shape index (κ3) is 4.05. The van der Waals surface area contributed by atoms with E-state index in [9.17, 15) is 18.8 Å². The van der Waals surface area contributed by atoms with E-state index in [0.717, 1.165) is 37.8 Å². The molecule has 2 aliphatic rings. The molecule has 1 aromatic carbocycles. The normalized spacial score (nSPS) is 22.2. The van der Waals surface area contributed by atoms with Crippen LogP contribution in [-0.4, -0.2) is 16.3 Å². The highest BCUT2D eigenvalue weighted by Gasteiger charge is 2.36. The molecule has 0 unspecified atom stereocenters. The molecule has 1 heterocycles. The van der Waals surface area contributed by atoms with Gasteiger partial charge in [0.2, 0.25) is 0 Å². The first-order valence-corrected chi connectivity index (χ1v) is 9.66. The molecule has 0 radical (unpaired) electrons. The zero-order valence-corrected chi connectivity index (χ0v) is 15.5. The van der Waals surface area contributed by atoms with Gasteiger partial charge in [-0.2, -0.15) is 5.26 Å². The summed E-state index contributed by atoms with van der Waals surface area (Å²) < 4.78 is 26.2. The minimum absolute atomic E-state index is 0.0337. The molecule has 0 aromatic heterocycles. The molecule has 4 nitrogen and oxygen atoms in total. The van der Waals surface area contributed by atoms with Crippen LogP contribution in [0.4, 0.5) is 8.78 Å². The molecule has 0 spiro atoms. The van der Waals surface area contributed by atoms with Crippen LogP contribution in [0.2, 0.25) is 0 Å². The molecule has 0 saturated heterocycles. The molecule has 1 amide bonds. The average molecular weight is 393 g/mol. The number of rotatable bonds is 2. The van der Waals surface area contributed by atoms with Crippen LogP contribution < -0.4 is 10.6 Å². The Hall–Kier alpha value is -1.98. The Morgan fingerprint density at radius 1 is 1.23 bits per heavy atom. The topological polar surface area (TPSA) is 64.9 Å². The van der Waals surface area contributed by atoms with Gasteiger partial charge in [-0.3, -0.25) is 10.1 Å². The van der Waals surface area contributed by atoms with E-state index in [2.05, 4.69) is 16.7 Å². The first-order valence-electron chi connectivity index (χ1n) is 8.38. The predicted octanol–water partition coefficient (Wildman–Crippen LogP) is 4.00. The Morgan fingerprint density at radius 3 is 2.73 bits per heavy atom. The number of hydrogen-bond acceptors (Lipinski definition) is 4. The molecule has 26 heavy (non-hydrogen) atoms. The van der Waals surface area contributed by atoms with Crippen molar-refractivity contribution in [2.24, 2.45) is 5.92 Å². The van der Waals surface area contributed by atoms with Gasteiger partial charge in [0.05, 0.1) is 16.7 Å². The summed E-state index contributed by atoms with van der Waals surface area (Å²) in [6.07, 6.45) is 5.49. The van der Waals surface area contributed by atoms with Crippen LogP contribution in [0.15, 0.2) is 28.8 Å². The number of thioether (sulfide) groups is 1. The molecular weight excluding hydrogens is 376 g/mol. The predicted molar refractivity (Wildman–Crippen MR) is 100 cm³/mol. The molecule has 1 aliphatic heterocycles.